The predicted octanol–water partition coefficient (Wildman–Crippen LogP) is 3.81. The number of hydrogen-bond acceptors (Lipinski definition) is 3. The number of aromatic nitrogens is 1. The first-order valence-electron chi connectivity index (χ1n) is 9.16. The fraction of sp³-hybridized carbons (Fsp3) is 0.238. The Morgan fingerprint density at radius 1 is 1.19 bits per heavy atom. The van der Waals surface area contributed by atoms with Crippen LogP contribution in [0.5, 0.6) is 0 Å². The summed E-state index contributed by atoms with van der Waals surface area (Å²) in [5.41, 5.74) is 7.18. The summed E-state index contributed by atoms with van der Waals surface area (Å²) in [7, 11) is 0. The Balaban J connectivity index is 1.50. The Kier molecular flexibility index (Phi) is 5.46. The molecule has 0 saturated carbocycles. The molecule has 4 rings (SSSR count). The second-order valence-corrected chi connectivity index (χ2v) is 6.95. The van der Waals surface area contributed by atoms with E-state index in [9.17, 15) is 0 Å². The molecule has 0 amide bonds. The number of nitrogens with one attached hydrogen (secondary N) is 3. The summed E-state index contributed by atoms with van der Waals surface area (Å²) in [5, 5.41) is 9.15. The number of para-hydroxylation sites is 1. The van der Waals surface area contributed by atoms with Crippen LogP contribution in [0.4, 0.5) is 0 Å². The van der Waals surface area contributed by atoms with E-state index in [4.69, 9.17) is 17.0 Å². The number of rotatable bonds is 5. The molecular weight excluding hydrogens is 356 g/mol. The monoisotopic (exact) mass is 378 g/mol. The van der Waals surface area contributed by atoms with Gasteiger partial charge in [-0.25, -0.2) is 0 Å². The van der Waals surface area contributed by atoms with Crippen LogP contribution in [-0.4, -0.2) is 35.6 Å². The maximum absolute atomic E-state index is 5.59. The van der Waals surface area contributed by atoms with Crippen molar-refractivity contribution in [2.75, 3.05) is 13.2 Å². The molecule has 0 bridgehead atoms. The van der Waals surface area contributed by atoms with Gasteiger partial charge in [0.05, 0.1) is 18.0 Å². The molecule has 2 aromatic carbocycles. The zero-order chi connectivity index (χ0) is 18.5. The largest absolute Gasteiger partial charge is 0.376 e. The second-order valence-electron chi connectivity index (χ2n) is 6.54. The van der Waals surface area contributed by atoms with Crippen molar-refractivity contribution in [2.24, 2.45) is 5.10 Å². The van der Waals surface area contributed by atoms with Gasteiger partial charge >= 0.3 is 0 Å². The average Bonchev–Trinajstić information content (AvgIpc) is 3.35. The lowest BCUT2D eigenvalue weighted by molar-refractivity contribution is 0.114. The van der Waals surface area contributed by atoms with E-state index in [-0.39, 0.29) is 6.10 Å². The molecule has 0 unspecified atom stereocenters. The Morgan fingerprint density at radius 3 is 2.81 bits per heavy atom. The summed E-state index contributed by atoms with van der Waals surface area (Å²) in [6, 6.07) is 18.5. The Hall–Kier alpha value is -2.70. The van der Waals surface area contributed by atoms with Crippen molar-refractivity contribution in [3.8, 4) is 11.3 Å². The Labute approximate surface area is 163 Å². The fourth-order valence-corrected chi connectivity index (χ4v) is 3.47. The molecule has 1 aliphatic heterocycles. The highest BCUT2D eigenvalue weighted by molar-refractivity contribution is 7.80. The first-order valence-corrected chi connectivity index (χ1v) is 9.57. The molecule has 2 heterocycles. The summed E-state index contributed by atoms with van der Waals surface area (Å²) >= 11 is 5.31. The molecular formula is C21H22N4OS. The number of hydrazone groups is 1. The van der Waals surface area contributed by atoms with Crippen LogP contribution in [-0.2, 0) is 4.74 Å². The number of nitrogens with zero attached hydrogens (tertiary/aromatic N) is 1. The van der Waals surface area contributed by atoms with Crippen molar-refractivity contribution in [3.63, 3.8) is 0 Å². The highest BCUT2D eigenvalue weighted by atomic mass is 32.1. The van der Waals surface area contributed by atoms with E-state index in [2.05, 4.69) is 45.1 Å². The third-order valence-electron chi connectivity index (χ3n) is 4.68. The van der Waals surface area contributed by atoms with E-state index in [0.717, 1.165) is 47.2 Å². The molecule has 1 saturated heterocycles. The lowest BCUT2D eigenvalue weighted by Crippen LogP contribution is -2.37. The number of H-pyrrole nitrogens is 1. The van der Waals surface area contributed by atoms with Crippen LogP contribution >= 0.6 is 12.2 Å². The molecule has 0 spiro atoms. The van der Waals surface area contributed by atoms with Crippen LogP contribution < -0.4 is 10.7 Å². The molecule has 138 valence electrons. The van der Waals surface area contributed by atoms with Crippen molar-refractivity contribution in [1.82, 2.24) is 15.7 Å². The SMILES string of the molecule is S=C(NC[C@@H]1CCCO1)N/N=C/c1c(-c2ccccc2)[nH]c2ccccc12. The van der Waals surface area contributed by atoms with E-state index < -0.39 is 0 Å². The minimum absolute atomic E-state index is 0.243. The summed E-state index contributed by atoms with van der Waals surface area (Å²) in [6.45, 7) is 1.55. The Morgan fingerprint density at radius 2 is 2.00 bits per heavy atom. The van der Waals surface area contributed by atoms with Gasteiger partial charge in [-0.3, -0.25) is 5.43 Å². The first kappa shape index (κ1) is 17.7. The average molecular weight is 379 g/mol. The van der Waals surface area contributed by atoms with Crippen LogP contribution in [0.1, 0.15) is 18.4 Å². The lowest BCUT2D eigenvalue weighted by Gasteiger charge is -2.11. The molecule has 1 fully saturated rings. The normalized spacial score (nSPS) is 16.8. The van der Waals surface area contributed by atoms with E-state index in [0.29, 0.717) is 11.7 Å². The van der Waals surface area contributed by atoms with Crippen LogP contribution in [0.2, 0.25) is 0 Å². The van der Waals surface area contributed by atoms with Gasteiger partial charge < -0.3 is 15.0 Å². The highest BCUT2D eigenvalue weighted by Crippen LogP contribution is 2.28. The minimum Gasteiger partial charge on any atom is -0.376 e. The number of ether oxygens (including phenoxy) is 1. The number of hydrogen-bond donors (Lipinski definition) is 3. The number of aromatic amines is 1. The van der Waals surface area contributed by atoms with Gasteiger partial charge in [0, 0.05) is 29.6 Å². The molecule has 1 aliphatic rings. The van der Waals surface area contributed by atoms with Crippen molar-refractivity contribution in [2.45, 2.75) is 18.9 Å². The third kappa shape index (κ3) is 4.18. The fourth-order valence-electron chi connectivity index (χ4n) is 3.34. The standard InChI is InChI=1S/C21H22N4OS/c27-21(22-13-16-9-6-12-26-16)25-23-14-18-17-10-4-5-11-19(17)24-20(18)15-7-2-1-3-8-15/h1-5,7-8,10-11,14,16,24H,6,9,12-13H2,(H2,22,25,27)/b23-14+/t16-/m0/s1. The first-order chi connectivity index (χ1) is 13.3. The van der Waals surface area contributed by atoms with E-state index in [1.807, 2.05) is 36.5 Å². The summed E-state index contributed by atoms with van der Waals surface area (Å²) in [5.74, 6) is 0. The van der Waals surface area contributed by atoms with Gasteiger partial charge in [-0.1, -0.05) is 48.5 Å². The molecule has 3 aromatic rings. The third-order valence-corrected chi connectivity index (χ3v) is 4.92. The Bertz CT molecular complexity index is 945. The van der Waals surface area contributed by atoms with E-state index >= 15 is 0 Å². The lowest BCUT2D eigenvalue weighted by atomic mass is 10.1. The predicted molar refractivity (Wildman–Crippen MR) is 114 cm³/mol. The molecule has 1 aromatic heterocycles. The molecule has 0 radical (unpaired) electrons. The summed E-state index contributed by atoms with van der Waals surface area (Å²) in [6.07, 6.45) is 4.26. The quantitative estimate of drug-likeness (QED) is 0.359. The summed E-state index contributed by atoms with van der Waals surface area (Å²) < 4.78 is 5.59. The topological polar surface area (TPSA) is 61.4 Å². The number of thiocarbonyl (C=S) groups is 1. The van der Waals surface area contributed by atoms with Crippen molar-refractivity contribution in [3.05, 3.63) is 60.2 Å². The minimum atomic E-state index is 0.243. The van der Waals surface area contributed by atoms with Gasteiger partial charge in [-0.2, -0.15) is 5.10 Å². The van der Waals surface area contributed by atoms with Crippen molar-refractivity contribution < 1.29 is 4.74 Å². The highest BCUT2D eigenvalue weighted by Gasteiger charge is 2.15. The van der Waals surface area contributed by atoms with Crippen molar-refractivity contribution >= 4 is 34.4 Å². The van der Waals surface area contributed by atoms with Crippen LogP contribution in [0.15, 0.2) is 59.7 Å². The molecule has 27 heavy (non-hydrogen) atoms. The van der Waals surface area contributed by atoms with Gasteiger partial charge in [-0.15, -0.1) is 0 Å². The molecule has 6 heteroatoms. The van der Waals surface area contributed by atoms with Crippen molar-refractivity contribution in [1.29, 1.82) is 0 Å². The van der Waals surface area contributed by atoms with Gasteiger partial charge in [0.1, 0.15) is 0 Å². The second kappa shape index (κ2) is 8.33. The smallest absolute Gasteiger partial charge is 0.187 e. The van der Waals surface area contributed by atoms with Crippen LogP contribution in [0.3, 0.4) is 0 Å². The summed E-state index contributed by atoms with van der Waals surface area (Å²) in [4.78, 5) is 3.50. The zero-order valence-electron chi connectivity index (χ0n) is 14.9. The number of fused-ring (bicyclic) bond motifs is 1. The number of benzene rings is 2. The van der Waals surface area contributed by atoms with Crippen LogP contribution in [0, 0.1) is 0 Å². The molecule has 0 aliphatic carbocycles. The zero-order valence-corrected chi connectivity index (χ0v) is 15.8. The maximum atomic E-state index is 5.59. The maximum Gasteiger partial charge on any atom is 0.187 e. The van der Waals surface area contributed by atoms with Gasteiger partial charge in [0.15, 0.2) is 5.11 Å². The van der Waals surface area contributed by atoms with E-state index in [1.165, 1.54) is 0 Å². The van der Waals surface area contributed by atoms with Gasteiger partial charge in [0.2, 0.25) is 0 Å². The van der Waals surface area contributed by atoms with Crippen LogP contribution in [0.25, 0.3) is 22.2 Å². The molecule has 3 N–H and O–H groups in total. The van der Waals surface area contributed by atoms with E-state index in [1.54, 1.807) is 0 Å². The molecule has 1 atom stereocenters. The van der Waals surface area contributed by atoms with Gasteiger partial charge in [-0.05, 0) is 36.7 Å². The molecule has 5 nitrogen and oxygen atoms in total. The van der Waals surface area contributed by atoms with Gasteiger partial charge in [0.25, 0.3) is 0 Å².